The Bertz CT molecular complexity index is 410. The fourth-order valence-corrected chi connectivity index (χ4v) is 2.87. The number of para-hydroxylation sites is 1. The van der Waals surface area contributed by atoms with E-state index in [4.69, 9.17) is 4.74 Å². The Morgan fingerprint density at radius 3 is 2.35 bits per heavy atom. The van der Waals surface area contributed by atoms with Crippen molar-refractivity contribution in [3.05, 3.63) is 30.3 Å². The summed E-state index contributed by atoms with van der Waals surface area (Å²) in [6.07, 6.45) is 6.89. The molecular formula is C17H25NO2. The molecule has 1 aromatic carbocycles. The maximum absolute atomic E-state index is 12.5. The van der Waals surface area contributed by atoms with Crippen molar-refractivity contribution < 1.29 is 9.53 Å². The number of likely N-dealkylation sites (N-methyl/N-ethyl adjacent to an activating group) is 1. The Balaban J connectivity index is 1.91. The van der Waals surface area contributed by atoms with Crippen LogP contribution in [0.3, 0.4) is 0 Å². The molecule has 110 valence electrons. The fraction of sp³-hybridized carbons (Fsp3) is 0.588. The maximum Gasteiger partial charge on any atom is 0.263 e. The van der Waals surface area contributed by atoms with Gasteiger partial charge in [0.1, 0.15) is 5.75 Å². The molecule has 0 radical (unpaired) electrons. The SMILES string of the molecule is CC(Oc1ccccc1)C(=O)N(C)C1CCCCCC1. The number of ether oxygens (including phenoxy) is 1. The summed E-state index contributed by atoms with van der Waals surface area (Å²) in [4.78, 5) is 14.4. The molecular weight excluding hydrogens is 250 g/mol. The van der Waals surface area contributed by atoms with Crippen LogP contribution in [0.1, 0.15) is 45.4 Å². The molecule has 3 nitrogen and oxygen atoms in total. The molecule has 1 aliphatic rings. The lowest BCUT2D eigenvalue weighted by Crippen LogP contribution is -2.43. The molecule has 0 N–H and O–H groups in total. The summed E-state index contributed by atoms with van der Waals surface area (Å²) in [6.45, 7) is 1.84. The van der Waals surface area contributed by atoms with Gasteiger partial charge in [-0.25, -0.2) is 0 Å². The lowest BCUT2D eigenvalue weighted by molar-refractivity contribution is -0.139. The molecule has 0 aliphatic heterocycles. The van der Waals surface area contributed by atoms with Crippen molar-refractivity contribution >= 4 is 5.91 Å². The van der Waals surface area contributed by atoms with Crippen LogP contribution >= 0.6 is 0 Å². The highest BCUT2D eigenvalue weighted by Crippen LogP contribution is 2.22. The lowest BCUT2D eigenvalue weighted by atomic mass is 10.1. The van der Waals surface area contributed by atoms with E-state index in [-0.39, 0.29) is 5.91 Å². The first-order valence-electron chi connectivity index (χ1n) is 7.67. The van der Waals surface area contributed by atoms with E-state index >= 15 is 0 Å². The molecule has 0 aromatic heterocycles. The van der Waals surface area contributed by atoms with Crippen molar-refractivity contribution in [2.45, 2.75) is 57.6 Å². The number of carbonyl (C=O) groups excluding carboxylic acids is 1. The van der Waals surface area contributed by atoms with Crippen molar-refractivity contribution in [2.75, 3.05) is 7.05 Å². The minimum Gasteiger partial charge on any atom is -0.481 e. The molecule has 1 fully saturated rings. The monoisotopic (exact) mass is 275 g/mol. The summed E-state index contributed by atoms with van der Waals surface area (Å²) in [5.41, 5.74) is 0. The number of hydrogen-bond acceptors (Lipinski definition) is 2. The fourth-order valence-electron chi connectivity index (χ4n) is 2.87. The van der Waals surface area contributed by atoms with Gasteiger partial charge in [0.15, 0.2) is 6.10 Å². The average Bonchev–Trinajstić information content (AvgIpc) is 2.75. The molecule has 20 heavy (non-hydrogen) atoms. The van der Waals surface area contributed by atoms with Crippen molar-refractivity contribution in [2.24, 2.45) is 0 Å². The van der Waals surface area contributed by atoms with E-state index in [1.54, 1.807) is 0 Å². The van der Waals surface area contributed by atoms with Crippen LogP contribution in [0.25, 0.3) is 0 Å². The molecule has 1 aliphatic carbocycles. The summed E-state index contributed by atoms with van der Waals surface area (Å²) < 4.78 is 5.73. The molecule has 2 rings (SSSR count). The van der Waals surface area contributed by atoms with Crippen molar-refractivity contribution in [1.29, 1.82) is 0 Å². The largest absolute Gasteiger partial charge is 0.481 e. The second kappa shape index (κ2) is 7.32. The number of rotatable bonds is 4. The van der Waals surface area contributed by atoms with E-state index in [1.165, 1.54) is 25.7 Å². The molecule has 1 amide bonds. The van der Waals surface area contributed by atoms with E-state index in [0.29, 0.717) is 6.04 Å². The molecule has 0 bridgehead atoms. The first-order valence-corrected chi connectivity index (χ1v) is 7.67. The van der Waals surface area contributed by atoms with Gasteiger partial charge in [0.25, 0.3) is 5.91 Å². The topological polar surface area (TPSA) is 29.5 Å². The summed E-state index contributed by atoms with van der Waals surface area (Å²) in [5.74, 6) is 0.836. The van der Waals surface area contributed by atoms with Crippen LogP contribution < -0.4 is 4.74 Å². The Labute approximate surface area is 121 Å². The lowest BCUT2D eigenvalue weighted by Gasteiger charge is -2.29. The zero-order valence-corrected chi connectivity index (χ0v) is 12.5. The van der Waals surface area contributed by atoms with E-state index in [1.807, 2.05) is 49.2 Å². The molecule has 1 atom stereocenters. The predicted molar refractivity (Wildman–Crippen MR) is 80.8 cm³/mol. The van der Waals surface area contributed by atoms with Crippen LogP contribution in [0.4, 0.5) is 0 Å². The Kier molecular flexibility index (Phi) is 5.45. The standard InChI is InChI=1S/C17H25NO2/c1-14(20-16-12-8-5-9-13-16)17(19)18(2)15-10-6-3-4-7-11-15/h5,8-9,12-15H,3-4,6-7,10-11H2,1-2H3. The van der Waals surface area contributed by atoms with Crippen molar-refractivity contribution in [3.63, 3.8) is 0 Å². The van der Waals surface area contributed by atoms with E-state index in [0.717, 1.165) is 18.6 Å². The van der Waals surface area contributed by atoms with Gasteiger partial charge in [0, 0.05) is 13.1 Å². The normalized spacial score (nSPS) is 18.1. The number of amides is 1. The third-order valence-corrected chi connectivity index (χ3v) is 4.12. The minimum atomic E-state index is -0.425. The van der Waals surface area contributed by atoms with Gasteiger partial charge < -0.3 is 9.64 Å². The van der Waals surface area contributed by atoms with Gasteiger partial charge in [-0.05, 0) is 31.9 Å². The molecule has 0 heterocycles. The Morgan fingerprint density at radius 1 is 1.15 bits per heavy atom. The van der Waals surface area contributed by atoms with E-state index in [9.17, 15) is 4.79 Å². The van der Waals surface area contributed by atoms with Gasteiger partial charge in [0.05, 0.1) is 0 Å². The molecule has 1 saturated carbocycles. The second-order valence-corrected chi connectivity index (χ2v) is 5.67. The van der Waals surface area contributed by atoms with E-state index in [2.05, 4.69) is 0 Å². The van der Waals surface area contributed by atoms with Crippen LogP contribution in [-0.2, 0) is 4.79 Å². The Hall–Kier alpha value is -1.51. The predicted octanol–water partition coefficient (Wildman–Crippen LogP) is 3.64. The number of hydrogen-bond donors (Lipinski definition) is 0. The zero-order chi connectivity index (χ0) is 14.4. The quantitative estimate of drug-likeness (QED) is 0.785. The summed E-state index contributed by atoms with van der Waals surface area (Å²) in [6, 6.07) is 9.93. The van der Waals surface area contributed by atoms with Crippen LogP contribution in [0.2, 0.25) is 0 Å². The number of benzene rings is 1. The average molecular weight is 275 g/mol. The van der Waals surface area contributed by atoms with E-state index < -0.39 is 6.10 Å². The third-order valence-electron chi connectivity index (χ3n) is 4.12. The van der Waals surface area contributed by atoms with Gasteiger partial charge in [-0.15, -0.1) is 0 Å². The summed E-state index contributed by atoms with van der Waals surface area (Å²) in [5, 5.41) is 0. The maximum atomic E-state index is 12.5. The highest BCUT2D eigenvalue weighted by molar-refractivity contribution is 5.81. The van der Waals surface area contributed by atoms with Gasteiger partial charge in [-0.3, -0.25) is 4.79 Å². The number of nitrogens with zero attached hydrogens (tertiary/aromatic N) is 1. The molecule has 0 saturated heterocycles. The van der Waals surface area contributed by atoms with Gasteiger partial charge in [0.2, 0.25) is 0 Å². The van der Waals surface area contributed by atoms with Gasteiger partial charge in [-0.2, -0.15) is 0 Å². The first kappa shape index (κ1) is 14.9. The summed E-state index contributed by atoms with van der Waals surface area (Å²) in [7, 11) is 1.92. The molecule has 3 heteroatoms. The summed E-state index contributed by atoms with van der Waals surface area (Å²) >= 11 is 0. The second-order valence-electron chi connectivity index (χ2n) is 5.67. The highest BCUT2D eigenvalue weighted by Gasteiger charge is 2.25. The van der Waals surface area contributed by atoms with Crippen LogP contribution in [0.15, 0.2) is 30.3 Å². The first-order chi connectivity index (χ1) is 9.68. The smallest absolute Gasteiger partial charge is 0.263 e. The molecule has 0 spiro atoms. The molecule has 1 aromatic rings. The highest BCUT2D eigenvalue weighted by atomic mass is 16.5. The molecule has 1 unspecified atom stereocenters. The van der Waals surface area contributed by atoms with Crippen LogP contribution in [0, 0.1) is 0 Å². The third kappa shape index (κ3) is 3.99. The van der Waals surface area contributed by atoms with Gasteiger partial charge in [-0.1, -0.05) is 43.9 Å². The van der Waals surface area contributed by atoms with Crippen LogP contribution in [0.5, 0.6) is 5.75 Å². The van der Waals surface area contributed by atoms with Crippen molar-refractivity contribution in [1.82, 2.24) is 4.90 Å². The minimum absolute atomic E-state index is 0.0840. The number of carbonyl (C=O) groups is 1. The van der Waals surface area contributed by atoms with Gasteiger partial charge >= 0.3 is 0 Å². The van der Waals surface area contributed by atoms with Crippen LogP contribution in [-0.4, -0.2) is 30.0 Å². The Morgan fingerprint density at radius 2 is 1.75 bits per heavy atom. The zero-order valence-electron chi connectivity index (χ0n) is 12.5. The van der Waals surface area contributed by atoms with Crippen molar-refractivity contribution in [3.8, 4) is 5.75 Å².